The Balaban J connectivity index is 2.10. The molecule has 0 heterocycles. The minimum absolute atomic E-state index is 0.213. The lowest BCUT2D eigenvalue weighted by atomic mass is 9.81. The number of hydrogen-bond acceptors (Lipinski definition) is 2. The van der Waals surface area contributed by atoms with Crippen molar-refractivity contribution in [2.45, 2.75) is 31.7 Å². The van der Waals surface area contributed by atoms with Gasteiger partial charge in [0.15, 0.2) is 0 Å². The van der Waals surface area contributed by atoms with Crippen LogP contribution in [0.25, 0.3) is 0 Å². The highest BCUT2D eigenvalue weighted by Gasteiger charge is 2.19. The summed E-state index contributed by atoms with van der Waals surface area (Å²) < 4.78 is 0. The van der Waals surface area contributed by atoms with Gasteiger partial charge in [0.1, 0.15) is 0 Å². The lowest BCUT2D eigenvalue weighted by Gasteiger charge is -2.25. The first kappa shape index (κ1) is 6.57. The van der Waals surface area contributed by atoms with E-state index in [-0.39, 0.29) is 6.04 Å². The molecule has 0 aromatic carbocycles. The van der Waals surface area contributed by atoms with Crippen LogP contribution >= 0.6 is 0 Å². The Morgan fingerprint density at radius 3 is 2.67 bits per heavy atom. The second-order valence-corrected chi connectivity index (χ2v) is 2.77. The molecule has 0 saturated heterocycles. The number of nitriles is 1. The van der Waals surface area contributed by atoms with Crippen molar-refractivity contribution >= 4 is 0 Å². The molecular formula is C7H12N2. The first-order valence-electron chi connectivity index (χ1n) is 3.48. The van der Waals surface area contributed by atoms with Crippen molar-refractivity contribution in [1.29, 1.82) is 5.26 Å². The summed E-state index contributed by atoms with van der Waals surface area (Å²) in [4.78, 5) is 0. The van der Waals surface area contributed by atoms with Crippen molar-refractivity contribution in [3.8, 4) is 6.07 Å². The molecule has 0 aromatic heterocycles. The van der Waals surface area contributed by atoms with Crippen LogP contribution in [0.3, 0.4) is 0 Å². The van der Waals surface area contributed by atoms with Gasteiger partial charge in [0.25, 0.3) is 0 Å². The van der Waals surface area contributed by atoms with E-state index < -0.39 is 0 Å². The number of nitrogens with zero attached hydrogens (tertiary/aromatic N) is 1. The Hall–Kier alpha value is -0.550. The Morgan fingerprint density at radius 1 is 1.67 bits per heavy atom. The third-order valence-electron chi connectivity index (χ3n) is 1.98. The Labute approximate surface area is 55.7 Å². The third kappa shape index (κ3) is 1.69. The molecule has 50 valence electrons. The molecule has 0 amide bonds. The smallest absolute Gasteiger partial charge is 0.0930 e. The van der Waals surface area contributed by atoms with Crippen LogP contribution < -0.4 is 5.73 Å². The van der Waals surface area contributed by atoms with E-state index in [4.69, 9.17) is 11.0 Å². The molecule has 9 heavy (non-hydrogen) atoms. The van der Waals surface area contributed by atoms with E-state index in [0.29, 0.717) is 0 Å². The maximum atomic E-state index is 8.33. The zero-order valence-electron chi connectivity index (χ0n) is 5.51. The first-order valence-corrected chi connectivity index (χ1v) is 3.48. The van der Waals surface area contributed by atoms with Gasteiger partial charge in [0.05, 0.1) is 12.1 Å². The van der Waals surface area contributed by atoms with Crippen LogP contribution in [0.1, 0.15) is 25.7 Å². The van der Waals surface area contributed by atoms with Crippen molar-refractivity contribution in [3.05, 3.63) is 0 Å². The summed E-state index contributed by atoms with van der Waals surface area (Å²) >= 11 is 0. The van der Waals surface area contributed by atoms with Crippen LogP contribution in [-0.4, -0.2) is 6.04 Å². The largest absolute Gasteiger partial charge is 0.316 e. The van der Waals surface area contributed by atoms with Crippen molar-refractivity contribution < 1.29 is 0 Å². The van der Waals surface area contributed by atoms with Gasteiger partial charge >= 0.3 is 0 Å². The average Bonchev–Trinajstić information content (AvgIpc) is 1.78. The van der Waals surface area contributed by atoms with E-state index in [1.807, 2.05) is 6.07 Å². The van der Waals surface area contributed by atoms with Crippen molar-refractivity contribution in [3.63, 3.8) is 0 Å². The van der Waals surface area contributed by atoms with Crippen molar-refractivity contribution in [2.24, 2.45) is 11.7 Å². The SMILES string of the molecule is N#C[C@@H](N)CC1CCC1. The van der Waals surface area contributed by atoms with E-state index >= 15 is 0 Å². The minimum atomic E-state index is -0.213. The van der Waals surface area contributed by atoms with Crippen LogP contribution in [-0.2, 0) is 0 Å². The van der Waals surface area contributed by atoms with E-state index in [1.165, 1.54) is 19.3 Å². The molecule has 1 atom stereocenters. The number of rotatable bonds is 2. The summed E-state index contributed by atoms with van der Waals surface area (Å²) in [5, 5.41) is 8.33. The zero-order valence-corrected chi connectivity index (χ0v) is 5.51. The van der Waals surface area contributed by atoms with Gasteiger partial charge in [-0.15, -0.1) is 0 Å². The van der Waals surface area contributed by atoms with Crippen LogP contribution in [0.5, 0.6) is 0 Å². The second-order valence-electron chi connectivity index (χ2n) is 2.77. The summed E-state index contributed by atoms with van der Waals surface area (Å²) in [6, 6.07) is 1.83. The minimum Gasteiger partial charge on any atom is -0.316 e. The highest BCUT2D eigenvalue weighted by molar-refractivity contribution is 4.89. The van der Waals surface area contributed by atoms with E-state index in [0.717, 1.165) is 12.3 Å². The van der Waals surface area contributed by atoms with Crippen LogP contribution in [0.2, 0.25) is 0 Å². The van der Waals surface area contributed by atoms with E-state index in [9.17, 15) is 0 Å². The lowest BCUT2D eigenvalue weighted by molar-refractivity contribution is 0.289. The molecule has 1 fully saturated rings. The van der Waals surface area contributed by atoms with Gasteiger partial charge in [0.2, 0.25) is 0 Å². The van der Waals surface area contributed by atoms with Gasteiger partial charge in [-0.2, -0.15) is 5.26 Å². The Bertz CT molecular complexity index is 121. The molecule has 1 rings (SSSR count). The fourth-order valence-corrected chi connectivity index (χ4v) is 1.14. The molecule has 0 unspecified atom stereocenters. The van der Waals surface area contributed by atoms with E-state index in [1.54, 1.807) is 0 Å². The van der Waals surface area contributed by atoms with Crippen molar-refractivity contribution in [2.75, 3.05) is 0 Å². The maximum absolute atomic E-state index is 8.33. The normalized spacial score (nSPS) is 22.2. The molecule has 1 aliphatic rings. The molecule has 2 nitrogen and oxygen atoms in total. The first-order chi connectivity index (χ1) is 4.33. The fraction of sp³-hybridized carbons (Fsp3) is 0.857. The lowest BCUT2D eigenvalue weighted by Crippen LogP contribution is -2.24. The highest BCUT2D eigenvalue weighted by Crippen LogP contribution is 2.29. The second kappa shape index (κ2) is 2.84. The van der Waals surface area contributed by atoms with Crippen LogP contribution in [0.4, 0.5) is 0 Å². The summed E-state index contributed by atoms with van der Waals surface area (Å²) in [5.74, 6) is 0.764. The molecule has 2 N–H and O–H groups in total. The summed E-state index contributed by atoms with van der Waals surface area (Å²) in [7, 11) is 0. The van der Waals surface area contributed by atoms with Gasteiger partial charge in [-0.3, -0.25) is 0 Å². The van der Waals surface area contributed by atoms with Gasteiger partial charge in [-0.1, -0.05) is 19.3 Å². The third-order valence-corrected chi connectivity index (χ3v) is 1.98. The molecule has 1 saturated carbocycles. The quantitative estimate of drug-likeness (QED) is 0.597. The molecule has 2 heteroatoms. The van der Waals surface area contributed by atoms with Crippen molar-refractivity contribution in [1.82, 2.24) is 0 Å². The predicted octanol–water partition coefficient (Wildman–Crippen LogP) is 1.03. The van der Waals surface area contributed by atoms with Gasteiger partial charge in [-0.25, -0.2) is 0 Å². The molecule has 0 spiro atoms. The fourth-order valence-electron chi connectivity index (χ4n) is 1.14. The molecule has 1 aliphatic carbocycles. The molecule has 0 aliphatic heterocycles. The van der Waals surface area contributed by atoms with Gasteiger partial charge in [-0.05, 0) is 12.3 Å². The van der Waals surface area contributed by atoms with Gasteiger partial charge in [0, 0.05) is 0 Å². The average molecular weight is 124 g/mol. The zero-order chi connectivity index (χ0) is 6.69. The summed E-state index contributed by atoms with van der Waals surface area (Å²) in [5.41, 5.74) is 5.42. The number of hydrogen-bond donors (Lipinski definition) is 1. The molecular weight excluding hydrogens is 112 g/mol. The predicted molar refractivity (Wildman–Crippen MR) is 35.5 cm³/mol. The van der Waals surface area contributed by atoms with Gasteiger partial charge < -0.3 is 5.73 Å². The van der Waals surface area contributed by atoms with E-state index in [2.05, 4.69) is 0 Å². The Kier molecular flexibility index (Phi) is 2.07. The van der Waals surface area contributed by atoms with Crippen LogP contribution in [0.15, 0.2) is 0 Å². The topological polar surface area (TPSA) is 49.8 Å². The van der Waals surface area contributed by atoms with Crippen LogP contribution in [0, 0.1) is 17.2 Å². The summed E-state index contributed by atoms with van der Waals surface area (Å²) in [6.45, 7) is 0. The maximum Gasteiger partial charge on any atom is 0.0930 e. The Morgan fingerprint density at radius 2 is 2.33 bits per heavy atom. The standard InChI is InChI=1S/C7H12N2/c8-5-7(9)4-6-2-1-3-6/h6-7H,1-4,9H2/t7-/m0/s1. The molecule has 0 radical (unpaired) electrons. The monoisotopic (exact) mass is 124 g/mol. The highest BCUT2D eigenvalue weighted by atomic mass is 14.6. The summed E-state index contributed by atoms with van der Waals surface area (Å²) in [6.07, 6.45) is 4.82. The molecule has 0 bridgehead atoms. The number of nitrogens with two attached hydrogens (primary N) is 1. The molecule has 0 aromatic rings.